The van der Waals surface area contributed by atoms with Crippen molar-refractivity contribution >= 4 is 38.6 Å². The topological polar surface area (TPSA) is 153 Å². The van der Waals surface area contributed by atoms with E-state index in [0.717, 1.165) is 0 Å². The summed E-state index contributed by atoms with van der Waals surface area (Å²) >= 11 is 0. The van der Waals surface area contributed by atoms with Crippen LogP contribution in [0.25, 0.3) is 11.0 Å². The molecule has 1 fully saturated rings. The van der Waals surface area contributed by atoms with E-state index in [1.54, 1.807) is 18.2 Å². The van der Waals surface area contributed by atoms with Crippen LogP contribution in [0.2, 0.25) is 0 Å². The zero-order valence-electron chi connectivity index (χ0n) is 24.8. The van der Waals surface area contributed by atoms with Gasteiger partial charge in [-0.15, -0.1) is 0 Å². The molecule has 12 nitrogen and oxygen atoms in total. The maximum atomic E-state index is 14.3. The molecule has 2 amide bonds. The number of hydrogen-bond donors (Lipinski definition) is 2. The van der Waals surface area contributed by atoms with Gasteiger partial charge >= 0.3 is 0 Å². The van der Waals surface area contributed by atoms with Crippen LogP contribution in [0.5, 0.6) is 17.2 Å². The van der Waals surface area contributed by atoms with Crippen molar-refractivity contribution in [3.63, 3.8) is 0 Å². The molecule has 2 aromatic carbocycles. The van der Waals surface area contributed by atoms with Crippen molar-refractivity contribution in [2.45, 2.75) is 50.1 Å². The number of rotatable bonds is 11. The van der Waals surface area contributed by atoms with E-state index in [2.05, 4.69) is 10.6 Å². The average molecular weight is 616 g/mol. The lowest BCUT2D eigenvalue weighted by atomic mass is 10.0. The van der Waals surface area contributed by atoms with Crippen molar-refractivity contribution in [3.05, 3.63) is 48.2 Å². The van der Waals surface area contributed by atoms with E-state index in [-0.39, 0.29) is 41.7 Å². The van der Waals surface area contributed by atoms with Gasteiger partial charge < -0.3 is 29.3 Å². The van der Waals surface area contributed by atoms with Crippen LogP contribution in [0.3, 0.4) is 0 Å². The molecule has 0 spiro atoms. The number of ether oxygens (including phenoxy) is 3. The number of furan rings is 1. The Morgan fingerprint density at radius 3 is 2.47 bits per heavy atom. The Bertz CT molecular complexity index is 1560. The second-order valence-corrected chi connectivity index (χ2v) is 12.4. The second kappa shape index (κ2) is 13.5. The normalized spacial score (nSPS) is 16.4. The lowest BCUT2D eigenvalue weighted by molar-refractivity contribution is -0.135. The molecule has 4 rings (SSSR count). The van der Waals surface area contributed by atoms with Gasteiger partial charge in [-0.3, -0.25) is 14.4 Å². The van der Waals surface area contributed by atoms with Gasteiger partial charge in [-0.2, -0.15) is 0 Å². The highest BCUT2D eigenvalue weighted by molar-refractivity contribution is 7.89. The fourth-order valence-electron chi connectivity index (χ4n) is 5.03. The van der Waals surface area contributed by atoms with Gasteiger partial charge in [0.05, 0.1) is 32.8 Å². The zero-order valence-corrected chi connectivity index (χ0v) is 25.7. The highest BCUT2D eigenvalue weighted by atomic mass is 32.2. The third-order valence-electron chi connectivity index (χ3n) is 7.16. The van der Waals surface area contributed by atoms with Crippen LogP contribution in [0.1, 0.15) is 43.7 Å². The largest absolute Gasteiger partial charge is 0.497 e. The van der Waals surface area contributed by atoms with Crippen molar-refractivity contribution in [1.29, 1.82) is 0 Å². The van der Waals surface area contributed by atoms with Gasteiger partial charge in [0, 0.05) is 17.5 Å². The van der Waals surface area contributed by atoms with Crippen LogP contribution in [-0.4, -0.2) is 76.8 Å². The zero-order chi connectivity index (χ0) is 31.3. The second-order valence-electron chi connectivity index (χ2n) is 10.6. The minimum absolute atomic E-state index is 0.0881. The van der Waals surface area contributed by atoms with E-state index in [1.165, 1.54) is 45.6 Å². The summed E-state index contributed by atoms with van der Waals surface area (Å²) in [7, 11) is -0.189. The molecule has 13 heteroatoms. The smallest absolute Gasteiger partial charge is 0.287 e. The van der Waals surface area contributed by atoms with E-state index in [1.807, 2.05) is 13.8 Å². The molecule has 2 heterocycles. The maximum Gasteiger partial charge on any atom is 0.287 e. The molecule has 2 atom stereocenters. The molecule has 232 valence electrons. The summed E-state index contributed by atoms with van der Waals surface area (Å²) in [5.74, 6) is -1.17. The maximum absolute atomic E-state index is 14.3. The van der Waals surface area contributed by atoms with Gasteiger partial charge in [0.25, 0.3) is 21.8 Å². The number of amides is 2. The third kappa shape index (κ3) is 6.94. The number of carbonyl (C=O) groups is 3. The fraction of sp³-hybridized carbons (Fsp3) is 0.433. The van der Waals surface area contributed by atoms with Gasteiger partial charge in [-0.05, 0) is 56.0 Å². The average Bonchev–Trinajstić information content (AvgIpc) is 3.30. The molecule has 1 saturated heterocycles. The molecule has 2 N–H and O–H groups in total. The predicted molar refractivity (Wildman–Crippen MR) is 158 cm³/mol. The molecule has 3 aromatic rings. The SMILES string of the molecule is COc1cccc(S(=O)(=O)N(C(=O)[C@H](CC(C)C)NC(=O)c2cc3cc(OC)c(OC)cc3o2)C2CCCNCC2=O)c1. The van der Waals surface area contributed by atoms with E-state index >= 15 is 0 Å². The van der Waals surface area contributed by atoms with Crippen molar-refractivity contribution in [1.82, 2.24) is 14.9 Å². The Morgan fingerprint density at radius 2 is 1.79 bits per heavy atom. The third-order valence-corrected chi connectivity index (χ3v) is 8.96. The summed E-state index contributed by atoms with van der Waals surface area (Å²) in [6.45, 7) is 4.09. The van der Waals surface area contributed by atoms with Gasteiger partial charge in [-0.25, -0.2) is 12.7 Å². The molecule has 1 aromatic heterocycles. The minimum Gasteiger partial charge on any atom is -0.497 e. The number of sulfonamides is 1. The molecule has 1 aliphatic heterocycles. The van der Waals surface area contributed by atoms with Crippen LogP contribution in [-0.2, 0) is 19.6 Å². The summed E-state index contributed by atoms with van der Waals surface area (Å²) < 4.78 is 50.5. The Hall–Kier alpha value is -4.10. The van der Waals surface area contributed by atoms with Gasteiger partial charge in [-0.1, -0.05) is 19.9 Å². The van der Waals surface area contributed by atoms with Crippen molar-refractivity contribution in [2.24, 2.45) is 5.92 Å². The van der Waals surface area contributed by atoms with E-state index in [0.29, 0.717) is 39.7 Å². The van der Waals surface area contributed by atoms with Crippen LogP contribution in [0.15, 0.2) is 51.8 Å². The first kappa shape index (κ1) is 31.8. The first-order valence-corrected chi connectivity index (χ1v) is 15.4. The van der Waals surface area contributed by atoms with Crippen molar-refractivity contribution in [3.8, 4) is 17.2 Å². The Kier molecular flexibility index (Phi) is 9.97. The quantitative estimate of drug-likeness (QED) is 0.329. The first-order chi connectivity index (χ1) is 20.5. The van der Waals surface area contributed by atoms with E-state index < -0.39 is 39.7 Å². The summed E-state index contributed by atoms with van der Waals surface area (Å²) in [6.07, 6.45) is 0.715. The van der Waals surface area contributed by atoms with Crippen molar-refractivity contribution < 1.29 is 41.4 Å². The number of nitrogens with one attached hydrogen (secondary N) is 2. The predicted octanol–water partition coefficient (Wildman–Crippen LogP) is 3.14. The minimum atomic E-state index is -4.55. The Balaban J connectivity index is 1.74. The number of Topliss-reactive ketones (excluding diaryl/α,β-unsaturated/α-hetero) is 1. The molecule has 43 heavy (non-hydrogen) atoms. The summed E-state index contributed by atoms with van der Waals surface area (Å²) in [5, 5.41) is 6.21. The summed E-state index contributed by atoms with van der Waals surface area (Å²) in [4.78, 5) is 40.7. The first-order valence-electron chi connectivity index (χ1n) is 13.9. The van der Waals surface area contributed by atoms with Gasteiger partial charge in [0.15, 0.2) is 23.0 Å². The van der Waals surface area contributed by atoms with Crippen LogP contribution in [0, 0.1) is 5.92 Å². The van der Waals surface area contributed by atoms with Crippen LogP contribution < -0.4 is 24.8 Å². The Morgan fingerprint density at radius 1 is 1.07 bits per heavy atom. The molecular weight excluding hydrogens is 578 g/mol. The molecule has 0 aliphatic carbocycles. The number of fused-ring (bicyclic) bond motifs is 1. The number of methoxy groups -OCH3 is 3. The van der Waals surface area contributed by atoms with Gasteiger partial charge in [0.2, 0.25) is 0 Å². The molecule has 0 bridgehead atoms. The molecule has 0 saturated carbocycles. The fourth-order valence-corrected chi connectivity index (χ4v) is 6.69. The van der Waals surface area contributed by atoms with Crippen molar-refractivity contribution in [2.75, 3.05) is 34.4 Å². The lowest BCUT2D eigenvalue weighted by Crippen LogP contribution is -2.56. The highest BCUT2D eigenvalue weighted by Crippen LogP contribution is 2.34. The Labute approximate surface area is 250 Å². The molecule has 1 unspecified atom stereocenters. The molecular formula is C30H37N3O9S. The van der Waals surface area contributed by atoms with Crippen LogP contribution in [0.4, 0.5) is 0 Å². The molecule has 0 radical (unpaired) electrons. The molecule has 1 aliphatic rings. The number of nitrogens with zero attached hydrogens (tertiary/aromatic N) is 1. The van der Waals surface area contributed by atoms with E-state index in [9.17, 15) is 22.8 Å². The van der Waals surface area contributed by atoms with Crippen LogP contribution >= 0.6 is 0 Å². The number of benzene rings is 2. The summed E-state index contributed by atoms with van der Waals surface area (Å²) in [5.41, 5.74) is 0.355. The lowest BCUT2D eigenvalue weighted by Gasteiger charge is -2.33. The monoisotopic (exact) mass is 615 g/mol. The highest BCUT2D eigenvalue weighted by Gasteiger charge is 2.43. The number of carbonyl (C=O) groups excluding carboxylic acids is 3. The number of hydrogen-bond acceptors (Lipinski definition) is 10. The van der Waals surface area contributed by atoms with E-state index in [4.69, 9.17) is 18.6 Å². The van der Waals surface area contributed by atoms with Gasteiger partial charge in [0.1, 0.15) is 23.4 Å². The number of ketones is 1. The summed E-state index contributed by atoms with van der Waals surface area (Å²) in [6, 6.07) is 7.89. The standard InChI is InChI=1S/C30H37N3O9S/c1-18(2)12-22(32-29(35)28-14-19-13-26(40-4)27(41-5)16-25(19)42-28)30(36)33(23-10-7-11-31-17-24(23)34)43(37,38)21-9-6-8-20(15-21)39-3/h6,8-9,13-16,18,22-23,31H,7,10-12,17H2,1-5H3,(H,32,35)/t22-,23?/m0/s1.